The van der Waals surface area contributed by atoms with Crippen LogP contribution in [0.5, 0.6) is 0 Å². The second kappa shape index (κ2) is 5.43. The van der Waals surface area contributed by atoms with Crippen molar-refractivity contribution in [3.05, 3.63) is 28.2 Å². The van der Waals surface area contributed by atoms with E-state index >= 15 is 0 Å². The summed E-state index contributed by atoms with van der Waals surface area (Å²) in [7, 11) is -3.39. The van der Waals surface area contributed by atoms with Crippen molar-refractivity contribution in [3.8, 4) is 0 Å². The minimum Gasteiger partial charge on any atom is -0.207 e. The Balaban J connectivity index is 2.28. The van der Waals surface area contributed by atoms with Crippen molar-refractivity contribution in [2.75, 3.05) is 13.1 Å². The first-order chi connectivity index (χ1) is 9.12. The number of nitrogens with zero attached hydrogens (tertiary/aromatic N) is 1. The molecule has 1 unspecified atom stereocenters. The fourth-order valence-electron chi connectivity index (χ4n) is 2.61. The summed E-state index contributed by atoms with van der Waals surface area (Å²) in [4.78, 5) is 0.373. The first-order valence-corrected chi connectivity index (χ1v) is 9.12. The molecule has 112 valence electrons. The quantitative estimate of drug-likeness (QED) is 0.804. The van der Waals surface area contributed by atoms with Crippen LogP contribution < -0.4 is 0 Å². The molecule has 0 N–H and O–H groups in total. The molecule has 2 rings (SSSR count). The lowest BCUT2D eigenvalue weighted by Gasteiger charge is -2.27. The van der Waals surface area contributed by atoms with Crippen molar-refractivity contribution < 1.29 is 8.42 Å². The molecule has 0 spiro atoms. The standard InChI is InChI=1S/C15H22BrNO2S/c1-11-5-6-14(13(16)9-11)20(18,19)17-8-7-12(10-17)15(2,3)4/h5-6,9,12H,7-8,10H2,1-4H3. The summed E-state index contributed by atoms with van der Waals surface area (Å²) in [5.41, 5.74) is 1.19. The number of aryl methyl sites for hydroxylation is 1. The summed E-state index contributed by atoms with van der Waals surface area (Å²) >= 11 is 3.38. The van der Waals surface area contributed by atoms with Crippen molar-refractivity contribution in [2.45, 2.75) is 39.0 Å². The third-order valence-electron chi connectivity index (χ3n) is 4.08. The number of halogens is 1. The highest BCUT2D eigenvalue weighted by atomic mass is 79.9. The van der Waals surface area contributed by atoms with E-state index in [-0.39, 0.29) is 5.41 Å². The molecule has 1 saturated heterocycles. The van der Waals surface area contributed by atoms with Gasteiger partial charge in [-0.05, 0) is 58.3 Å². The van der Waals surface area contributed by atoms with Crippen LogP contribution in [0.4, 0.5) is 0 Å². The first kappa shape index (κ1) is 16.0. The predicted octanol–water partition coefficient (Wildman–Crippen LogP) is 3.81. The van der Waals surface area contributed by atoms with Gasteiger partial charge in [-0.15, -0.1) is 0 Å². The van der Waals surface area contributed by atoms with Crippen molar-refractivity contribution in [3.63, 3.8) is 0 Å². The monoisotopic (exact) mass is 359 g/mol. The predicted molar refractivity (Wildman–Crippen MR) is 85.2 cm³/mol. The van der Waals surface area contributed by atoms with Gasteiger partial charge in [0.1, 0.15) is 0 Å². The van der Waals surface area contributed by atoms with E-state index in [9.17, 15) is 8.42 Å². The molecule has 3 nitrogen and oxygen atoms in total. The Bertz CT molecular complexity index is 605. The SMILES string of the molecule is Cc1ccc(S(=O)(=O)N2CCC(C(C)(C)C)C2)c(Br)c1. The number of rotatable bonds is 2. The van der Waals surface area contributed by atoms with E-state index in [4.69, 9.17) is 0 Å². The van der Waals surface area contributed by atoms with Crippen molar-refractivity contribution in [2.24, 2.45) is 11.3 Å². The lowest BCUT2D eigenvalue weighted by molar-refractivity contribution is 0.252. The summed E-state index contributed by atoms with van der Waals surface area (Å²) in [6, 6.07) is 5.39. The fourth-order valence-corrected chi connectivity index (χ4v) is 5.26. The van der Waals surface area contributed by atoms with Gasteiger partial charge in [0.25, 0.3) is 0 Å². The summed E-state index contributed by atoms with van der Waals surface area (Å²) in [5, 5.41) is 0. The highest BCUT2D eigenvalue weighted by molar-refractivity contribution is 9.10. The van der Waals surface area contributed by atoms with Gasteiger partial charge in [-0.2, -0.15) is 4.31 Å². The van der Waals surface area contributed by atoms with Gasteiger partial charge in [-0.25, -0.2) is 8.42 Å². The summed E-state index contributed by atoms with van der Waals surface area (Å²) in [5.74, 6) is 0.418. The molecule has 0 amide bonds. The summed E-state index contributed by atoms with van der Waals surface area (Å²) in [6.07, 6.45) is 0.937. The Morgan fingerprint density at radius 2 is 1.95 bits per heavy atom. The van der Waals surface area contributed by atoms with Crippen molar-refractivity contribution >= 4 is 26.0 Å². The molecule has 0 saturated carbocycles. The van der Waals surface area contributed by atoms with Crippen LogP contribution in [0.3, 0.4) is 0 Å². The molecule has 1 heterocycles. The minimum atomic E-state index is -3.39. The normalized spacial score (nSPS) is 21.4. The molecule has 1 atom stereocenters. The van der Waals surface area contributed by atoms with Gasteiger partial charge >= 0.3 is 0 Å². The number of sulfonamides is 1. The lowest BCUT2D eigenvalue weighted by Crippen LogP contribution is -2.31. The van der Waals surface area contributed by atoms with Gasteiger partial charge in [-0.1, -0.05) is 26.8 Å². The molecule has 1 fully saturated rings. The van der Waals surface area contributed by atoms with Gasteiger partial charge in [0.05, 0.1) is 4.90 Å². The molecule has 0 aromatic heterocycles. The molecular formula is C15H22BrNO2S. The first-order valence-electron chi connectivity index (χ1n) is 6.88. The van der Waals surface area contributed by atoms with Crippen LogP contribution in [-0.2, 0) is 10.0 Å². The zero-order valence-corrected chi connectivity index (χ0v) is 14.9. The highest BCUT2D eigenvalue weighted by Crippen LogP contribution is 2.36. The van der Waals surface area contributed by atoms with Crippen molar-refractivity contribution in [1.82, 2.24) is 4.31 Å². The lowest BCUT2D eigenvalue weighted by atomic mass is 9.80. The van der Waals surface area contributed by atoms with Gasteiger partial charge in [0, 0.05) is 17.6 Å². The van der Waals surface area contributed by atoms with Gasteiger partial charge in [-0.3, -0.25) is 0 Å². The van der Waals surface area contributed by atoms with Crippen LogP contribution in [0.25, 0.3) is 0 Å². The second-order valence-corrected chi connectivity index (χ2v) is 9.41. The molecule has 0 radical (unpaired) electrons. The summed E-state index contributed by atoms with van der Waals surface area (Å²) in [6.45, 7) is 9.71. The van der Waals surface area contributed by atoms with Crippen LogP contribution in [0.15, 0.2) is 27.6 Å². The molecule has 20 heavy (non-hydrogen) atoms. The topological polar surface area (TPSA) is 37.4 Å². The van der Waals surface area contributed by atoms with Crippen LogP contribution in [0.1, 0.15) is 32.8 Å². The van der Waals surface area contributed by atoms with Crippen LogP contribution in [-0.4, -0.2) is 25.8 Å². The van der Waals surface area contributed by atoms with Gasteiger partial charge < -0.3 is 0 Å². The molecule has 5 heteroatoms. The van der Waals surface area contributed by atoms with E-state index in [0.29, 0.717) is 28.4 Å². The third kappa shape index (κ3) is 3.10. The average molecular weight is 360 g/mol. The molecule has 0 aliphatic carbocycles. The Labute approximate surface area is 130 Å². The fraction of sp³-hybridized carbons (Fsp3) is 0.600. The Morgan fingerprint density at radius 3 is 2.45 bits per heavy atom. The molecular weight excluding hydrogens is 338 g/mol. The second-order valence-electron chi connectivity index (χ2n) is 6.65. The van der Waals surface area contributed by atoms with E-state index in [1.807, 2.05) is 19.1 Å². The zero-order valence-electron chi connectivity index (χ0n) is 12.5. The van der Waals surface area contributed by atoms with Crippen molar-refractivity contribution in [1.29, 1.82) is 0 Å². The number of hydrogen-bond donors (Lipinski definition) is 0. The Hall–Kier alpha value is -0.390. The zero-order chi connectivity index (χ0) is 15.1. The highest BCUT2D eigenvalue weighted by Gasteiger charge is 2.38. The smallest absolute Gasteiger partial charge is 0.207 e. The van der Waals surface area contributed by atoms with Crippen LogP contribution in [0.2, 0.25) is 0 Å². The minimum absolute atomic E-state index is 0.148. The van der Waals surface area contributed by atoms with E-state index in [0.717, 1.165) is 12.0 Å². The summed E-state index contributed by atoms with van der Waals surface area (Å²) < 4.78 is 27.7. The molecule has 1 aliphatic rings. The molecule has 1 aromatic rings. The number of hydrogen-bond acceptors (Lipinski definition) is 2. The van der Waals surface area contributed by atoms with Crippen LogP contribution >= 0.6 is 15.9 Å². The number of benzene rings is 1. The van der Waals surface area contributed by atoms with E-state index < -0.39 is 10.0 Å². The largest absolute Gasteiger partial charge is 0.244 e. The molecule has 1 aromatic carbocycles. The Kier molecular flexibility index (Phi) is 4.34. The Morgan fingerprint density at radius 1 is 1.30 bits per heavy atom. The van der Waals surface area contributed by atoms with E-state index in [1.165, 1.54) is 0 Å². The van der Waals surface area contributed by atoms with Gasteiger partial charge in [0.15, 0.2) is 0 Å². The molecule has 0 bridgehead atoms. The average Bonchev–Trinajstić information content (AvgIpc) is 2.77. The maximum atomic E-state index is 12.7. The van der Waals surface area contributed by atoms with Gasteiger partial charge in [0.2, 0.25) is 10.0 Å². The van der Waals surface area contributed by atoms with Crippen LogP contribution in [0, 0.1) is 18.3 Å². The maximum Gasteiger partial charge on any atom is 0.244 e. The third-order valence-corrected chi connectivity index (χ3v) is 6.92. The van der Waals surface area contributed by atoms with E-state index in [1.54, 1.807) is 10.4 Å². The maximum absolute atomic E-state index is 12.7. The van der Waals surface area contributed by atoms with E-state index in [2.05, 4.69) is 36.7 Å². The molecule has 1 aliphatic heterocycles.